The van der Waals surface area contributed by atoms with Crippen LogP contribution in [0.4, 0.5) is 5.69 Å². The van der Waals surface area contributed by atoms with Crippen LogP contribution in [-0.4, -0.2) is 26.4 Å². The first-order valence-electron chi connectivity index (χ1n) is 9.07. The van der Waals surface area contributed by atoms with Crippen molar-refractivity contribution in [2.45, 2.75) is 4.90 Å². The van der Waals surface area contributed by atoms with Gasteiger partial charge in [-0.25, -0.2) is 8.42 Å². The second-order valence-electron chi connectivity index (χ2n) is 6.71. The molecule has 30 heavy (non-hydrogen) atoms. The summed E-state index contributed by atoms with van der Waals surface area (Å²) in [4.78, 5) is 12.5. The minimum absolute atomic E-state index is 0.0350. The Hall–Kier alpha value is -3.71. The smallest absolute Gasteiger partial charge is 0.248 e. The number of amidine groups is 1. The Labute approximate surface area is 175 Å². The van der Waals surface area contributed by atoms with Crippen molar-refractivity contribution in [2.24, 2.45) is 5.73 Å². The van der Waals surface area contributed by atoms with Crippen LogP contribution in [-0.2, 0) is 14.6 Å². The molecule has 0 radical (unpaired) electrons. The summed E-state index contributed by atoms with van der Waals surface area (Å²) >= 11 is 0. The number of benzene rings is 3. The average Bonchev–Trinajstić information content (AvgIpc) is 2.72. The van der Waals surface area contributed by atoms with E-state index in [1.165, 1.54) is 12.3 Å². The average molecular weight is 420 g/mol. The quantitative estimate of drug-likeness (QED) is 0.321. The van der Waals surface area contributed by atoms with Gasteiger partial charge in [0.15, 0.2) is 9.84 Å². The van der Waals surface area contributed by atoms with Gasteiger partial charge < -0.3 is 11.1 Å². The van der Waals surface area contributed by atoms with E-state index in [9.17, 15) is 13.2 Å². The summed E-state index contributed by atoms with van der Waals surface area (Å²) in [5, 5.41) is 10.2. The lowest BCUT2D eigenvalue weighted by Gasteiger charge is -2.09. The SMILES string of the molecule is CS(=O)(=O)c1ccccc1-c1ccc(NC(=O)/C=C/c2cccc(C(=N)N)c2)cc1. The lowest BCUT2D eigenvalue weighted by atomic mass is 10.1. The maximum absolute atomic E-state index is 12.2. The van der Waals surface area contributed by atoms with Gasteiger partial charge in [0.1, 0.15) is 5.84 Å². The molecule has 0 aromatic heterocycles. The van der Waals surface area contributed by atoms with Gasteiger partial charge in [0.2, 0.25) is 5.91 Å². The van der Waals surface area contributed by atoms with Crippen molar-refractivity contribution in [2.75, 3.05) is 11.6 Å². The van der Waals surface area contributed by atoms with E-state index in [0.29, 0.717) is 16.8 Å². The fraction of sp³-hybridized carbons (Fsp3) is 0.0435. The molecule has 1 amide bonds. The zero-order valence-electron chi connectivity index (χ0n) is 16.3. The Balaban J connectivity index is 1.73. The first-order valence-corrected chi connectivity index (χ1v) is 11.0. The van der Waals surface area contributed by atoms with Gasteiger partial charge in [-0.15, -0.1) is 0 Å². The van der Waals surface area contributed by atoms with Crippen LogP contribution in [0, 0.1) is 5.41 Å². The molecule has 6 nitrogen and oxygen atoms in total. The first-order chi connectivity index (χ1) is 14.2. The van der Waals surface area contributed by atoms with Crippen molar-refractivity contribution in [3.63, 3.8) is 0 Å². The summed E-state index contributed by atoms with van der Waals surface area (Å²) in [6, 6.07) is 20.8. The largest absolute Gasteiger partial charge is 0.384 e. The normalized spacial score (nSPS) is 11.4. The molecular formula is C23H21N3O3S. The van der Waals surface area contributed by atoms with E-state index in [-0.39, 0.29) is 16.6 Å². The fourth-order valence-electron chi connectivity index (χ4n) is 2.93. The van der Waals surface area contributed by atoms with Gasteiger partial charge in [-0.3, -0.25) is 10.2 Å². The predicted molar refractivity (Wildman–Crippen MR) is 120 cm³/mol. The van der Waals surface area contributed by atoms with E-state index < -0.39 is 9.84 Å². The van der Waals surface area contributed by atoms with E-state index in [2.05, 4.69) is 5.32 Å². The number of hydrogen-bond acceptors (Lipinski definition) is 4. The lowest BCUT2D eigenvalue weighted by molar-refractivity contribution is -0.111. The van der Waals surface area contributed by atoms with Gasteiger partial charge in [-0.05, 0) is 41.5 Å². The van der Waals surface area contributed by atoms with Crippen LogP contribution in [0.5, 0.6) is 0 Å². The number of sulfone groups is 1. The van der Waals surface area contributed by atoms with Crippen LogP contribution in [0.15, 0.2) is 83.8 Å². The van der Waals surface area contributed by atoms with Crippen LogP contribution in [0.3, 0.4) is 0 Å². The van der Waals surface area contributed by atoms with Crippen LogP contribution < -0.4 is 11.1 Å². The van der Waals surface area contributed by atoms with Crippen LogP contribution in [0.2, 0.25) is 0 Å². The molecule has 0 heterocycles. The van der Waals surface area contributed by atoms with Gasteiger partial charge >= 0.3 is 0 Å². The molecule has 0 bridgehead atoms. The molecule has 7 heteroatoms. The third-order valence-corrected chi connectivity index (χ3v) is 5.53. The third-order valence-electron chi connectivity index (χ3n) is 4.37. The highest BCUT2D eigenvalue weighted by Gasteiger charge is 2.13. The number of anilines is 1. The molecule has 0 aliphatic heterocycles. The van der Waals surface area contributed by atoms with Gasteiger partial charge in [0, 0.05) is 29.1 Å². The zero-order valence-corrected chi connectivity index (χ0v) is 17.1. The number of nitrogen functional groups attached to an aromatic ring is 1. The zero-order chi connectivity index (χ0) is 21.7. The minimum atomic E-state index is -3.35. The molecule has 3 rings (SSSR count). The minimum Gasteiger partial charge on any atom is -0.384 e. The van der Waals surface area contributed by atoms with E-state index >= 15 is 0 Å². The van der Waals surface area contributed by atoms with Gasteiger partial charge in [0.25, 0.3) is 0 Å². The number of amides is 1. The van der Waals surface area contributed by atoms with Crippen LogP contribution in [0.1, 0.15) is 11.1 Å². The number of rotatable bonds is 6. The van der Waals surface area contributed by atoms with Crippen LogP contribution >= 0.6 is 0 Å². The monoisotopic (exact) mass is 419 g/mol. The van der Waals surface area contributed by atoms with Crippen molar-refractivity contribution in [3.05, 3.63) is 90.0 Å². The number of carbonyl (C=O) groups is 1. The van der Waals surface area contributed by atoms with E-state index in [1.807, 2.05) is 6.07 Å². The number of nitrogens with two attached hydrogens (primary N) is 1. The molecule has 3 aromatic rings. The second-order valence-corrected chi connectivity index (χ2v) is 8.69. The molecule has 0 aliphatic carbocycles. The standard InChI is InChI=1S/C23H21N3O3S/c1-30(28,29)21-8-3-2-7-20(21)17-10-12-19(13-11-17)26-22(27)14-9-16-5-4-6-18(15-16)23(24)25/h2-15H,1H3,(H3,24,25)(H,26,27)/b14-9+. The number of carbonyl (C=O) groups excluding carboxylic acids is 1. The Morgan fingerprint density at radius 3 is 2.37 bits per heavy atom. The predicted octanol–water partition coefficient (Wildman–Crippen LogP) is 3.69. The Morgan fingerprint density at radius 1 is 1.00 bits per heavy atom. The number of hydrogen-bond donors (Lipinski definition) is 3. The van der Waals surface area contributed by atoms with Crippen molar-refractivity contribution < 1.29 is 13.2 Å². The van der Waals surface area contributed by atoms with Gasteiger partial charge in [0.05, 0.1) is 4.90 Å². The maximum atomic E-state index is 12.2. The van der Waals surface area contributed by atoms with Crippen molar-refractivity contribution in [1.82, 2.24) is 0 Å². The maximum Gasteiger partial charge on any atom is 0.248 e. The molecule has 0 saturated carbocycles. The summed E-state index contributed by atoms with van der Waals surface area (Å²) in [5.41, 5.74) is 8.76. The highest BCUT2D eigenvalue weighted by molar-refractivity contribution is 7.90. The van der Waals surface area contributed by atoms with Crippen molar-refractivity contribution >= 4 is 33.3 Å². The number of nitrogens with one attached hydrogen (secondary N) is 2. The molecule has 0 saturated heterocycles. The summed E-state index contributed by atoms with van der Waals surface area (Å²) in [5.74, 6) is -0.347. The Morgan fingerprint density at radius 2 is 1.70 bits per heavy atom. The highest BCUT2D eigenvalue weighted by atomic mass is 32.2. The molecule has 0 aliphatic rings. The first kappa shape index (κ1) is 21.0. The fourth-order valence-corrected chi connectivity index (χ4v) is 3.84. The highest BCUT2D eigenvalue weighted by Crippen LogP contribution is 2.28. The van der Waals surface area contributed by atoms with Gasteiger partial charge in [-0.1, -0.05) is 48.5 Å². The Bertz CT molecular complexity index is 1230. The van der Waals surface area contributed by atoms with E-state index in [0.717, 1.165) is 11.1 Å². The van der Waals surface area contributed by atoms with E-state index in [4.69, 9.17) is 11.1 Å². The molecule has 0 unspecified atom stereocenters. The summed E-state index contributed by atoms with van der Waals surface area (Å²) in [7, 11) is -3.35. The summed E-state index contributed by atoms with van der Waals surface area (Å²) in [6.45, 7) is 0. The molecule has 0 atom stereocenters. The molecule has 0 fully saturated rings. The topological polar surface area (TPSA) is 113 Å². The summed E-state index contributed by atoms with van der Waals surface area (Å²) in [6.07, 6.45) is 4.21. The summed E-state index contributed by atoms with van der Waals surface area (Å²) < 4.78 is 24.0. The molecule has 152 valence electrons. The van der Waals surface area contributed by atoms with Crippen LogP contribution in [0.25, 0.3) is 17.2 Å². The van der Waals surface area contributed by atoms with Crippen molar-refractivity contribution in [1.29, 1.82) is 5.41 Å². The van der Waals surface area contributed by atoms with Gasteiger partial charge in [-0.2, -0.15) is 0 Å². The van der Waals surface area contributed by atoms with E-state index in [1.54, 1.807) is 72.8 Å². The second kappa shape index (κ2) is 8.75. The van der Waals surface area contributed by atoms with Crippen molar-refractivity contribution in [3.8, 4) is 11.1 Å². The molecule has 0 spiro atoms. The molecule has 3 aromatic carbocycles. The lowest BCUT2D eigenvalue weighted by Crippen LogP contribution is -2.10. The molecular weight excluding hydrogens is 398 g/mol. The third kappa shape index (κ3) is 5.21. The Kier molecular flexibility index (Phi) is 6.13. The molecule has 4 N–H and O–H groups in total.